The van der Waals surface area contributed by atoms with Gasteiger partial charge in [-0.05, 0) is 55.2 Å². The summed E-state index contributed by atoms with van der Waals surface area (Å²) in [6.45, 7) is 6.19. The van der Waals surface area contributed by atoms with Gasteiger partial charge in [0, 0.05) is 17.3 Å². The molecule has 0 atom stereocenters. The maximum atomic E-state index is 13.0. The van der Waals surface area contributed by atoms with Gasteiger partial charge < -0.3 is 5.32 Å². The molecule has 140 valence electrons. The number of carbonyl (C=O) groups is 1. The summed E-state index contributed by atoms with van der Waals surface area (Å²) in [5.74, 6) is 0.554. The molecule has 4 aromatic rings. The Morgan fingerprint density at radius 1 is 1.00 bits per heavy atom. The smallest absolute Gasteiger partial charge is 0.256 e. The molecule has 4 rings (SSSR count). The molecule has 0 saturated heterocycles. The van der Waals surface area contributed by atoms with Gasteiger partial charge in [0.1, 0.15) is 17.2 Å². The predicted molar refractivity (Wildman–Crippen MR) is 114 cm³/mol. The number of anilines is 1. The second kappa shape index (κ2) is 7.31. The van der Waals surface area contributed by atoms with Crippen LogP contribution in [0.3, 0.4) is 0 Å². The Morgan fingerprint density at radius 3 is 2.46 bits per heavy atom. The van der Waals surface area contributed by atoms with Crippen LogP contribution in [0.1, 0.15) is 34.0 Å². The number of nitrogens with zero attached hydrogens (tertiary/aromatic N) is 2. The van der Waals surface area contributed by atoms with Crippen LogP contribution in [-0.2, 0) is 6.42 Å². The minimum atomic E-state index is -0.138. The number of rotatable bonds is 4. The number of amides is 1. The highest BCUT2D eigenvalue weighted by atomic mass is 16.1. The number of nitrogens with one attached hydrogen (secondary N) is 1. The van der Waals surface area contributed by atoms with Gasteiger partial charge in [-0.15, -0.1) is 0 Å². The molecule has 4 heteroatoms. The van der Waals surface area contributed by atoms with Crippen molar-refractivity contribution in [2.24, 2.45) is 0 Å². The molecule has 0 bridgehead atoms. The second-order valence-corrected chi connectivity index (χ2v) is 7.06. The van der Waals surface area contributed by atoms with Gasteiger partial charge in [0.25, 0.3) is 5.91 Å². The number of carbonyl (C=O) groups excluding carboxylic acids is 1. The molecule has 0 unspecified atom stereocenters. The monoisotopic (exact) mass is 369 g/mol. The van der Waals surface area contributed by atoms with Crippen molar-refractivity contribution in [3.8, 4) is 11.3 Å². The van der Waals surface area contributed by atoms with Crippen molar-refractivity contribution in [2.45, 2.75) is 27.2 Å². The zero-order valence-corrected chi connectivity index (χ0v) is 16.4. The lowest BCUT2D eigenvalue weighted by Gasteiger charge is -2.10. The number of fused-ring (bicyclic) bond motifs is 1. The summed E-state index contributed by atoms with van der Waals surface area (Å²) >= 11 is 0. The lowest BCUT2D eigenvalue weighted by atomic mass is 10.1. The van der Waals surface area contributed by atoms with Crippen LogP contribution in [0.15, 0.2) is 66.9 Å². The van der Waals surface area contributed by atoms with Crippen molar-refractivity contribution in [3.05, 3.63) is 89.1 Å². The first-order valence-electron chi connectivity index (χ1n) is 9.52. The molecule has 0 radical (unpaired) electrons. The standard InChI is InChI=1S/C24H23N3O/c1-4-18-10-12-19(13-11-18)24(28)26-23-22(20-8-6-5-7-17(20)3)25-21-14-9-16(2)15-27(21)23/h5-15H,4H2,1-3H3,(H,26,28). The predicted octanol–water partition coefficient (Wildman–Crippen LogP) is 5.43. The minimum Gasteiger partial charge on any atom is -0.306 e. The third-order valence-electron chi connectivity index (χ3n) is 5.02. The van der Waals surface area contributed by atoms with Crippen LogP contribution < -0.4 is 5.32 Å². The third-order valence-corrected chi connectivity index (χ3v) is 5.02. The van der Waals surface area contributed by atoms with Gasteiger partial charge in [0.15, 0.2) is 0 Å². The zero-order chi connectivity index (χ0) is 19.7. The molecule has 0 aliphatic rings. The summed E-state index contributed by atoms with van der Waals surface area (Å²) < 4.78 is 1.95. The SMILES string of the molecule is CCc1ccc(C(=O)Nc2c(-c3ccccc3C)nc3ccc(C)cn23)cc1. The molecule has 28 heavy (non-hydrogen) atoms. The van der Waals surface area contributed by atoms with E-state index in [1.807, 2.05) is 72.1 Å². The van der Waals surface area contributed by atoms with E-state index in [2.05, 4.69) is 25.2 Å². The van der Waals surface area contributed by atoms with E-state index in [1.165, 1.54) is 5.56 Å². The van der Waals surface area contributed by atoms with Crippen molar-refractivity contribution < 1.29 is 4.79 Å². The van der Waals surface area contributed by atoms with E-state index in [4.69, 9.17) is 4.98 Å². The van der Waals surface area contributed by atoms with E-state index < -0.39 is 0 Å². The molecule has 2 aromatic heterocycles. The minimum absolute atomic E-state index is 0.138. The van der Waals surface area contributed by atoms with E-state index >= 15 is 0 Å². The second-order valence-electron chi connectivity index (χ2n) is 7.06. The highest BCUT2D eigenvalue weighted by Gasteiger charge is 2.18. The lowest BCUT2D eigenvalue weighted by Crippen LogP contribution is -2.14. The molecular formula is C24H23N3O. The van der Waals surface area contributed by atoms with Gasteiger partial charge in [0.05, 0.1) is 0 Å². The number of benzene rings is 2. The van der Waals surface area contributed by atoms with Crippen LogP contribution in [0.25, 0.3) is 16.9 Å². The largest absolute Gasteiger partial charge is 0.306 e. The molecule has 2 heterocycles. The van der Waals surface area contributed by atoms with Crippen LogP contribution in [0.4, 0.5) is 5.82 Å². The van der Waals surface area contributed by atoms with Gasteiger partial charge >= 0.3 is 0 Å². The fourth-order valence-electron chi connectivity index (χ4n) is 3.37. The van der Waals surface area contributed by atoms with Crippen molar-refractivity contribution >= 4 is 17.4 Å². The molecule has 4 nitrogen and oxygen atoms in total. The summed E-state index contributed by atoms with van der Waals surface area (Å²) in [6, 6.07) is 19.8. The molecule has 1 amide bonds. The first-order valence-corrected chi connectivity index (χ1v) is 9.52. The summed E-state index contributed by atoms with van der Waals surface area (Å²) in [5, 5.41) is 3.10. The Hall–Kier alpha value is -3.40. The van der Waals surface area contributed by atoms with Gasteiger partial charge in [-0.25, -0.2) is 4.98 Å². The van der Waals surface area contributed by atoms with E-state index in [1.54, 1.807) is 0 Å². The quantitative estimate of drug-likeness (QED) is 0.521. The van der Waals surface area contributed by atoms with Crippen molar-refractivity contribution in [1.82, 2.24) is 9.38 Å². The Labute approximate surface area is 164 Å². The number of pyridine rings is 1. The van der Waals surface area contributed by atoms with Crippen molar-refractivity contribution in [3.63, 3.8) is 0 Å². The van der Waals surface area contributed by atoms with Gasteiger partial charge in [0.2, 0.25) is 0 Å². The van der Waals surface area contributed by atoms with Crippen molar-refractivity contribution in [2.75, 3.05) is 5.32 Å². The molecule has 0 saturated carbocycles. The molecule has 0 aliphatic carbocycles. The van der Waals surface area contributed by atoms with Crippen LogP contribution in [0.5, 0.6) is 0 Å². The van der Waals surface area contributed by atoms with E-state index in [-0.39, 0.29) is 5.91 Å². The van der Waals surface area contributed by atoms with Crippen LogP contribution in [0, 0.1) is 13.8 Å². The van der Waals surface area contributed by atoms with Gasteiger partial charge in [-0.2, -0.15) is 0 Å². The molecule has 0 spiro atoms. The average Bonchev–Trinajstić information content (AvgIpc) is 3.05. The number of aromatic nitrogens is 2. The number of imidazole rings is 1. The summed E-state index contributed by atoms with van der Waals surface area (Å²) in [5.41, 5.74) is 6.66. The highest BCUT2D eigenvalue weighted by Crippen LogP contribution is 2.31. The first-order chi connectivity index (χ1) is 13.6. The molecule has 0 aliphatic heterocycles. The highest BCUT2D eigenvalue weighted by molar-refractivity contribution is 6.06. The third kappa shape index (κ3) is 3.29. The van der Waals surface area contributed by atoms with Gasteiger partial charge in [-0.3, -0.25) is 9.20 Å². The molecule has 0 fully saturated rings. The van der Waals surface area contributed by atoms with E-state index in [0.717, 1.165) is 34.5 Å². The molecule has 2 aromatic carbocycles. The topological polar surface area (TPSA) is 46.4 Å². The van der Waals surface area contributed by atoms with Gasteiger partial charge in [-0.1, -0.05) is 49.4 Å². The van der Waals surface area contributed by atoms with E-state index in [9.17, 15) is 4.79 Å². The zero-order valence-electron chi connectivity index (χ0n) is 16.4. The first kappa shape index (κ1) is 18.0. The Morgan fingerprint density at radius 2 is 1.75 bits per heavy atom. The summed E-state index contributed by atoms with van der Waals surface area (Å²) in [6.07, 6.45) is 2.95. The summed E-state index contributed by atoms with van der Waals surface area (Å²) in [4.78, 5) is 17.8. The fraction of sp³-hybridized carbons (Fsp3) is 0.167. The van der Waals surface area contributed by atoms with Crippen LogP contribution in [0.2, 0.25) is 0 Å². The van der Waals surface area contributed by atoms with Crippen LogP contribution in [-0.4, -0.2) is 15.3 Å². The lowest BCUT2D eigenvalue weighted by molar-refractivity contribution is 0.102. The fourth-order valence-corrected chi connectivity index (χ4v) is 3.37. The number of hydrogen-bond acceptors (Lipinski definition) is 2. The van der Waals surface area contributed by atoms with Crippen molar-refractivity contribution in [1.29, 1.82) is 0 Å². The maximum Gasteiger partial charge on any atom is 0.256 e. The Balaban J connectivity index is 1.82. The molecular weight excluding hydrogens is 346 g/mol. The normalized spacial score (nSPS) is 11.0. The Kier molecular flexibility index (Phi) is 4.70. The van der Waals surface area contributed by atoms with E-state index in [0.29, 0.717) is 11.4 Å². The summed E-state index contributed by atoms with van der Waals surface area (Å²) in [7, 11) is 0. The molecule has 1 N–H and O–H groups in total. The van der Waals surface area contributed by atoms with Crippen LogP contribution >= 0.6 is 0 Å². The number of hydrogen-bond donors (Lipinski definition) is 1. The average molecular weight is 369 g/mol. The maximum absolute atomic E-state index is 13.0. The number of aryl methyl sites for hydroxylation is 3. The Bertz CT molecular complexity index is 1160.